The van der Waals surface area contributed by atoms with Crippen LogP contribution in [0.25, 0.3) is 0 Å². The summed E-state index contributed by atoms with van der Waals surface area (Å²) in [5, 5.41) is 0. The van der Waals surface area contributed by atoms with Gasteiger partial charge in [-0.2, -0.15) is 55.4 Å². The van der Waals surface area contributed by atoms with Gasteiger partial charge in [0.05, 0.1) is 0 Å². The van der Waals surface area contributed by atoms with Crippen molar-refractivity contribution in [2.24, 2.45) is 0 Å². The first kappa shape index (κ1) is 36.6. The summed E-state index contributed by atoms with van der Waals surface area (Å²) in [7, 11) is -7.77. The molecule has 0 spiro atoms. The normalized spacial score (nSPS) is 37.7. The minimum atomic E-state index is -2.60. The van der Waals surface area contributed by atoms with Crippen LogP contribution in [0, 0.1) is 0 Å². The van der Waals surface area contributed by atoms with Gasteiger partial charge in [0.25, 0.3) is 0 Å². The van der Waals surface area contributed by atoms with E-state index in [0.717, 1.165) is 28.3 Å². The second-order valence-electron chi connectivity index (χ2n) is 17.7. The quantitative estimate of drug-likeness (QED) is 0.154. The molecule has 0 unspecified atom stereocenters. The van der Waals surface area contributed by atoms with Crippen molar-refractivity contribution in [3.8, 4) is 0 Å². The van der Waals surface area contributed by atoms with E-state index in [1.165, 1.54) is 0 Å². The Kier molecular flexibility index (Phi) is 11.2. The lowest BCUT2D eigenvalue weighted by Gasteiger charge is -2.48. The highest BCUT2D eigenvalue weighted by molar-refractivity contribution is 8.36. The summed E-state index contributed by atoms with van der Waals surface area (Å²) in [4.78, 5) is 0. The van der Waals surface area contributed by atoms with Gasteiger partial charge in [0, 0.05) is 40.4 Å². The summed E-state index contributed by atoms with van der Waals surface area (Å²) in [6, 6.07) is 0. The van der Waals surface area contributed by atoms with Gasteiger partial charge in [0.2, 0.25) is 0 Å². The van der Waals surface area contributed by atoms with Gasteiger partial charge in [-0.3, -0.25) is 0 Å². The van der Waals surface area contributed by atoms with E-state index in [1.54, 1.807) is 0 Å². The first-order valence-corrected chi connectivity index (χ1v) is 52.9. The van der Waals surface area contributed by atoms with Gasteiger partial charge in [-0.05, 0) is 0 Å². The molecule has 0 aliphatic carbocycles. The predicted molar refractivity (Wildman–Crippen MR) is 199 cm³/mol. The molecule has 0 amide bonds. The largest absolute Gasteiger partial charge is 0.172 e. The molecule has 210 valence electrons. The van der Waals surface area contributed by atoms with E-state index in [9.17, 15) is 0 Å². The Morgan fingerprint density at radius 3 is 0.429 bits per heavy atom. The lowest BCUT2D eigenvalue weighted by atomic mass is 11.7. The number of rotatable bonds is 10. The molecular formula is C20H55Cl5Si10. The smallest absolute Gasteiger partial charge is 0.168 e. The van der Waals surface area contributed by atoms with Gasteiger partial charge in [-0.15, -0.1) is 0 Å². The second-order valence-corrected chi connectivity index (χ2v) is 111. The SMILES string of the molecule is C[Si](C)(C)C[Si]1(Cl)[Si](Cl)(C[Si](C)(C)C)[Si](Cl)(C[Si](C)(C)C)[Si](Cl)(C[Si](C)(C)C)[Si]1(Cl)C[Si](C)(C)C. The summed E-state index contributed by atoms with van der Waals surface area (Å²) < 4.78 is 0. The predicted octanol–water partition coefficient (Wildman–Crippen LogP) is 10.7. The molecule has 1 aliphatic rings. The maximum absolute atomic E-state index is 8.52. The first-order chi connectivity index (χ1) is 14.8. The van der Waals surface area contributed by atoms with Crippen LogP contribution in [0.2, 0.25) is 127 Å². The summed E-state index contributed by atoms with van der Waals surface area (Å²) in [6.45, 7) is 37.4. The summed E-state index contributed by atoms with van der Waals surface area (Å²) in [6.07, 6.45) is -13.0. The fourth-order valence-electron chi connectivity index (χ4n) is 6.63. The Morgan fingerprint density at radius 1 is 0.286 bits per heavy atom. The third-order valence-corrected chi connectivity index (χ3v) is 182. The van der Waals surface area contributed by atoms with Crippen molar-refractivity contribution >= 4 is 128 Å². The fraction of sp³-hybridized carbons (Fsp3) is 1.00. The van der Waals surface area contributed by atoms with Gasteiger partial charge in [-0.25, -0.2) is 0 Å². The monoisotopic (exact) mass is 750 g/mol. The maximum atomic E-state index is 8.52. The van der Waals surface area contributed by atoms with Crippen LogP contribution < -0.4 is 0 Å². The highest BCUT2D eigenvalue weighted by atomic mass is 35.6. The number of halogens is 5. The lowest BCUT2D eigenvalue weighted by Crippen LogP contribution is -2.74. The molecule has 0 aromatic rings. The van der Waals surface area contributed by atoms with Crippen LogP contribution in [0.15, 0.2) is 0 Å². The molecular weight excluding hydrogens is 698 g/mol. The molecule has 0 N–H and O–H groups in total. The Labute approximate surface area is 251 Å². The van der Waals surface area contributed by atoms with E-state index < -0.39 is 72.5 Å². The van der Waals surface area contributed by atoms with Crippen LogP contribution in [0.3, 0.4) is 0 Å². The molecule has 15 heteroatoms. The van der Waals surface area contributed by atoms with E-state index in [4.69, 9.17) is 55.4 Å². The summed E-state index contributed by atoms with van der Waals surface area (Å²) >= 11 is 42.6. The maximum Gasteiger partial charge on any atom is 0.168 e. The van der Waals surface area contributed by atoms with Crippen molar-refractivity contribution < 1.29 is 0 Å². The van der Waals surface area contributed by atoms with Crippen molar-refractivity contribution in [2.45, 2.75) is 127 Å². The number of hydrogen-bond acceptors (Lipinski definition) is 0. The van der Waals surface area contributed by atoms with Crippen molar-refractivity contribution in [3.63, 3.8) is 0 Å². The van der Waals surface area contributed by atoms with E-state index in [1.807, 2.05) is 0 Å². The van der Waals surface area contributed by atoms with Crippen LogP contribution in [-0.4, -0.2) is 72.5 Å². The van der Waals surface area contributed by atoms with Crippen molar-refractivity contribution in [1.82, 2.24) is 0 Å². The molecule has 1 rings (SSSR count). The molecule has 0 radical (unpaired) electrons. The average Bonchev–Trinajstić information content (AvgIpc) is 2.49. The molecule has 0 bridgehead atoms. The Morgan fingerprint density at radius 2 is 0.371 bits per heavy atom. The third kappa shape index (κ3) is 7.72. The lowest BCUT2D eigenvalue weighted by molar-refractivity contribution is 1.58. The summed E-state index contributed by atoms with van der Waals surface area (Å²) in [5.74, 6) is 0. The van der Waals surface area contributed by atoms with Crippen LogP contribution >= 0.6 is 55.4 Å². The molecule has 0 nitrogen and oxygen atoms in total. The van der Waals surface area contributed by atoms with Gasteiger partial charge in [-0.1, -0.05) is 127 Å². The van der Waals surface area contributed by atoms with Gasteiger partial charge in [0.15, 0.2) is 32.1 Å². The molecule has 1 heterocycles. The third-order valence-electron chi connectivity index (χ3n) is 7.01. The molecule has 1 aliphatic heterocycles. The topological polar surface area (TPSA) is 0 Å². The Hall–Kier alpha value is 3.62. The van der Waals surface area contributed by atoms with E-state index in [2.05, 4.69) is 98.2 Å². The molecule has 0 saturated carbocycles. The molecule has 0 aromatic heterocycles. The standard InChI is InChI=1S/C20H55Cl5Si10/c1-26(2,3)16-31(21)32(22,17-27(4,5)6)34(24,19-29(10,11)12)35(25,20-30(13,14)15)33(31,23)18-28(7,8)9/h16-20H2,1-15H3. The summed E-state index contributed by atoms with van der Waals surface area (Å²) in [5.41, 5.74) is 5.78. The molecule has 35 heavy (non-hydrogen) atoms. The zero-order chi connectivity index (χ0) is 28.5. The highest BCUT2D eigenvalue weighted by Gasteiger charge is 2.92. The van der Waals surface area contributed by atoms with Crippen molar-refractivity contribution in [1.29, 1.82) is 0 Å². The highest BCUT2D eigenvalue weighted by Crippen LogP contribution is 2.68. The average molecular weight is 754 g/mol. The molecule has 1 saturated heterocycles. The second kappa shape index (κ2) is 10.7. The van der Waals surface area contributed by atoms with E-state index in [0.29, 0.717) is 0 Å². The zero-order valence-electron chi connectivity index (χ0n) is 25.4. The van der Waals surface area contributed by atoms with Crippen LogP contribution in [0.1, 0.15) is 0 Å². The molecule has 1 fully saturated rings. The first-order valence-electron chi connectivity index (χ1n) is 13.2. The number of hydrogen-bond donors (Lipinski definition) is 0. The minimum Gasteiger partial charge on any atom is -0.172 e. The van der Waals surface area contributed by atoms with Gasteiger partial charge >= 0.3 is 0 Å². The minimum absolute atomic E-state index is 1.16. The fourth-order valence-corrected chi connectivity index (χ4v) is 367. The Balaban J connectivity index is 4.38. The molecule has 0 atom stereocenters. The van der Waals surface area contributed by atoms with Crippen LogP contribution in [-0.2, 0) is 0 Å². The zero-order valence-corrected chi connectivity index (χ0v) is 39.2. The van der Waals surface area contributed by atoms with E-state index >= 15 is 0 Å². The van der Waals surface area contributed by atoms with Gasteiger partial charge in [0.1, 0.15) is 0 Å². The van der Waals surface area contributed by atoms with Crippen molar-refractivity contribution in [3.05, 3.63) is 0 Å². The van der Waals surface area contributed by atoms with Crippen LogP contribution in [0.5, 0.6) is 0 Å². The Bertz CT molecular complexity index is 613. The van der Waals surface area contributed by atoms with Gasteiger partial charge < -0.3 is 0 Å². The molecule has 0 aromatic carbocycles. The van der Waals surface area contributed by atoms with Crippen LogP contribution in [0.4, 0.5) is 0 Å². The van der Waals surface area contributed by atoms with E-state index in [-0.39, 0.29) is 0 Å². The van der Waals surface area contributed by atoms with Crippen molar-refractivity contribution in [2.75, 3.05) is 0 Å².